The van der Waals surface area contributed by atoms with Crippen molar-refractivity contribution in [1.29, 1.82) is 0 Å². The van der Waals surface area contributed by atoms with Crippen LogP contribution in [0.5, 0.6) is 0 Å². The third-order valence-corrected chi connectivity index (χ3v) is 18.2. The molecule has 5 saturated carbocycles. The number of hydrogen-bond acceptors (Lipinski definition) is 3. The zero-order chi connectivity index (χ0) is 24.3. The van der Waals surface area contributed by atoms with E-state index in [1.165, 1.54) is 32.1 Å². The highest BCUT2D eigenvalue weighted by Crippen LogP contribution is 2.92. The van der Waals surface area contributed by atoms with Crippen molar-refractivity contribution in [3.8, 4) is 0 Å². The fraction of sp³-hybridized carbons (Fsp3) is 1.00. The summed E-state index contributed by atoms with van der Waals surface area (Å²) in [6, 6.07) is 0. The van der Waals surface area contributed by atoms with Crippen molar-refractivity contribution in [3.63, 3.8) is 0 Å². The van der Waals surface area contributed by atoms with Gasteiger partial charge in [-0.3, -0.25) is 0 Å². The van der Waals surface area contributed by atoms with Crippen molar-refractivity contribution in [3.05, 3.63) is 0 Å². The Labute approximate surface area is 213 Å². The predicted molar refractivity (Wildman–Crippen MR) is 138 cm³/mol. The molecule has 0 spiro atoms. The maximum atomic E-state index is 7.31. The van der Waals surface area contributed by atoms with Crippen molar-refractivity contribution < 1.29 is 13.9 Å². The smallest absolute Gasteiger partial charge is 0.192 e. The Morgan fingerprint density at radius 2 is 1.52 bits per heavy atom. The lowest BCUT2D eigenvalue weighted by molar-refractivity contribution is -0.247. The number of methoxy groups -OCH3 is 2. The van der Waals surface area contributed by atoms with E-state index in [-0.39, 0.29) is 15.9 Å². The average Bonchev–Trinajstić information content (AvgIpc) is 2.98. The van der Waals surface area contributed by atoms with Gasteiger partial charge in [0.05, 0.1) is 6.10 Å². The molecule has 0 heterocycles. The predicted octanol–water partition coefficient (Wildman–Crippen LogP) is 7.95. The highest BCUT2D eigenvalue weighted by Gasteiger charge is 2.91. The van der Waals surface area contributed by atoms with Crippen molar-refractivity contribution in [2.24, 2.45) is 34.0 Å². The minimum absolute atomic E-state index is 0.0340. The zero-order valence-electron chi connectivity index (χ0n) is 22.2. The molecule has 0 radical (unpaired) electrons. The maximum Gasteiger partial charge on any atom is 0.192 e. The van der Waals surface area contributed by atoms with Crippen LogP contribution < -0.4 is 0 Å². The van der Waals surface area contributed by atoms with Crippen molar-refractivity contribution in [1.82, 2.24) is 0 Å². The van der Waals surface area contributed by atoms with E-state index in [9.17, 15) is 0 Å². The SMILES string of the molecule is COC1(OC)CC[C@@]23[C@H]4CC[C@]5(C)[C@@H](O[Si](C)(C)C(C)(C)C)CC[C@H]5[C@@H]4CC[C@]2(C1)C3(Cl)Cl. The van der Waals surface area contributed by atoms with Gasteiger partial charge in [0.15, 0.2) is 14.1 Å². The highest BCUT2D eigenvalue weighted by molar-refractivity contribution is 6.74. The Bertz CT molecular complexity index is 806. The van der Waals surface area contributed by atoms with Gasteiger partial charge in [0.25, 0.3) is 0 Å². The molecule has 5 fully saturated rings. The number of rotatable bonds is 4. The summed E-state index contributed by atoms with van der Waals surface area (Å²) in [5, 5.41) is 0.254. The largest absolute Gasteiger partial charge is 0.413 e. The lowest BCUT2D eigenvalue weighted by Crippen LogP contribution is -2.54. The van der Waals surface area contributed by atoms with Crippen molar-refractivity contribution in [2.45, 2.75) is 120 Å². The first-order chi connectivity index (χ1) is 15.2. The summed E-state index contributed by atoms with van der Waals surface area (Å²) < 4.78 is 18.3. The molecule has 0 N–H and O–H groups in total. The lowest BCUT2D eigenvalue weighted by atomic mass is 9.50. The Kier molecular flexibility index (Phi) is 5.66. The summed E-state index contributed by atoms with van der Waals surface area (Å²) in [7, 11) is 1.76. The molecule has 3 nitrogen and oxygen atoms in total. The van der Waals surface area contributed by atoms with E-state index in [4.69, 9.17) is 37.1 Å². The second kappa shape index (κ2) is 7.38. The van der Waals surface area contributed by atoms with Crippen LogP contribution in [0.2, 0.25) is 18.1 Å². The normalized spacial score (nSPS) is 47.8. The quantitative estimate of drug-likeness (QED) is 0.215. The fourth-order valence-corrected chi connectivity index (χ4v) is 12.2. The van der Waals surface area contributed by atoms with Gasteiger partial charge in [-0.1, -0.05) is 27.7 Å². The summed E-state index contributed by atoms with van der Waals surface area (Å²) in [5.74, 6) is 1.56. The van der Waals surface area contributed by atoms with Gasteiger partial charge in [-0.25, -0.2) is 0 Å². The molecule has 0 amide bonds. The third kappa shape index (κ3) is 2.97. The number of fused-ring (bicyclic) bond motifs is 3. The molecular formula is C27H46Cl2O3Si. The van der Waals surface area contributed by atoms with E-state index in [1.54, 1.807) is 14.2 Å². The Balaban J connectivity index is 1.41. The summed E-state index contributed by atoms with van der Waals surface area (Å²) in [5.41, 5.74) is 0.269. The molecule has 7 atom stereocenters. The second-order valence-corrected chi connectivity index (χ2v) is 20.1. The van der Waals surface area contributed by atoms with Crippen LogP contribution in [-0.4, -0.2) is 38.8 Å². The first kappa shape index (κ1) is 25.3. The van der Waals surface area contributed by atoms with Gasteiger partial charge in [-0.2, -0.15) is 0 Å². The molecule has 0 aromatic carbocycles. The molecular weight excluding hydrogens is 471 g/mol. The minimum atomic E-state index is -1.79. The molecule has 0 aromatic rings. The highest BCUT2D eigenvalue weighted by atomic mass is 35.5. The molecule has 0 bridgehead atoms. The van der Waals surface area contributed by atoms with E-state index in [1.807, 2.05) is 0 Å². The number of alkyl halides is 2. The van der Waals surface area contributed by atoms with Gasteiger partial charge in [0, 0.05) is 37.9 Å². The molecule has 0 saturated heterocycles. The maximum absolute atomic E-state index is 7.31. The van der Waals surface area contributed by atoms with E-state index < -0.39 is 18.4 Å². The van der Waals surface area contributed by atoms with Crippen LogP contribution in [-0.2, 0) is 13.9 Å². The summed E-state index contributed by atoms with van der Waals surface area (Å²) in [4.78, 5) is 0. The van der Waals surface area contributed by atoms with E-state index in [0.29, 0.717) is 17.4 Å². The molecule has 5 aliphatic carbocycles. The van der Waals surface area contributed by atoms with Crippen LogP contribution in [0.4, 0.5) is 0 Å². The van der Waals surface area contributed by atoms with Crippen molar-refractivity contribution >= 4 is 31.5 Å². The summed E-state index contributed by atoms with van der Waals surface area (Å²) in [6.45, 7) is 14.5. The first-order valence-corrected chi connectivity index (χ1v) is 17.0. The molecule has 0 aliphatic heterocycles. The molecule has 5 aliphatic rings. The van der Waals surface area contributed by atoms with E-state index in [0.717, 1.165) is 37.5 Å². The van der Waals surface area contributed by atoms with E-state index >= 15 is 0 Å². The number of halogens is 2. The van der Waals surface area contributed by atoms with Crippen molar-refractivity contribution in [2.75, 3.05) is 14.2 Å². The topological polar surface area (TPSA) is 27.7 Å². The Morgan fingerprint density at radius 1 is 0.848 bits per heavy atom. The monoisotopic (exact) mass is 516 g/mol. The van der Waals surface area contributed by atoms with E-state index in [2.05, 4.69) is 40.8 Å². The van der Waals surface area contributed by atoms with Crippen LogP contribution in [0, 0.1) is 34.0 Å². The standard InChI is InChI=1S/C27H46Cl2O3Si/c1-22(2,3)33(7,8)32-21-10-9-19-18-11-14-24-17-25(30-5,31-6)15-16-26(24,27(24,28)29)20(18)12-13-23(19,21)4/h18-21H,9-17H2,1-8H3/t18-,19-,20-,21-,23-,24+,26+/m0/s1. The Hall–Kier alpha value is 0.677. The van der Waals surface area contributed by atoms with Gasteiger partial charge in [-0.05, 0) is 86.2 Å². The number of ether oxygens (including phenoxy) is 2. The molecule has 33 heavy (non-hydrogen) atoms. The molecule has 5 rings (SSSR count). The molecule has 0 aromatic heterocycles. The fourth-order valence-electron chi connectivity index (χ4n) is 9.37. The van der Waals surface area contributed by atoms with Crippen LogP contribution in [0.1, 0.15) is 85.5 Å². The Morgan fingerprint density at radius 3 is 2.12 bits per heavy atom. The lowest BCUT2D eigenvalue weighted by Gasteiger charge is -2.57. The summed E-state index contributed by atoms with van der Waals surface area (Å²) in [6.07, 6.45) is 10.5. The van der Waals surface area contributed by atoms with Gasteiger partial charge < -0.3 is 13.9 Å². The first-order valence-electron chi connectivity index (χ1n) is 13.3. The zero-order valence-corrected chi connectivity index (χ0v) is 24.7. The minimum Gasteiger partial charge on any atom is -0.413 e. The number of hydrogen-bond donors (Lipinski definition) is 0. The van der Waals surface area contributed by atoms with Gasteiger partial charge in [0.1, 0.15) is 4.33 Å². The van der Waals surface area contributed by atoms with Crippen LogP contribution >= 0.6 is 23.2 Å². The third-order valence-electron chi connectivity index (χ3n) is 12.3. The van der Waals surface area contributed by atoms with Gasteiger partial charge >= 0.3 is 0 Å². The molecule has 190 valence electrons. The molecule has 6 heteroatoms. The van der Waals surface area contributed by atoms with Crippen LogP contribution in [0.25, 0.3) is 0 Å². The van der Waals surface area contributed by atoms with Gasteiger partial charge in [0.2, 0.25) is 0 Å². The average molecular weight is 518 g/mol. The van der Waals surface area contributed by atoms with Gasteiger partial charge in [-0.15, -0.1) is 23.2 Å². The second-order valence-electron chi connectivity index (χ2n) is 14.0. The summed E-state index contributed by atoms with van der Waals surface area (Å²) >= 11 is 14.6. The molecule has 0 unspecified atom stereocenters. The van der Waals surface area contributed by atoms with Crippen LogP contribution in [0.15, 0.2) is 0 Å². The van der Waals surface area contributed by atoms with Crippen LogP contribution in [0.3, 0.4) is 0 Å².